The van der Waals surface area contributed by atoms with Crippen molar-refractivity contribution < 1.29 is 9.59 Å². The number of halogens is 1. The molecule has 0 unspecified atom stereocenters. The molecule has 0 fully saturated rings. The van der Waals surface area contributed by atoms with E-state index in [-0.39, 0.29) is 5.91 Å². The smallest absolute Gasteiger partial charge is 0.251 e. The summed E-state index contributed by atoms with van der Waals surface area (Å²) in [4.78, 5) is 22.9. The SMILES string of the molecule is NC(=O)c1ccc(CNC(=O)c2cccc(I)c2)cc1. The van der Waals surface area contributed by atoms with Gasteiger partial charge in [-0.15, -0.1) is 0 Å². The Morgan fingerprint density at radius 3 is 2.35 bits per heavy atom. The molecule has 2 amide bonds. The minimum absolute atomic E-state index is 0.123. The van der Waals surface area contributed by atoms with Crippen LogP contribution in [0.2, 0.25) is 0 Å². The third-order valence-electron chi connectivity index (χ3n) is 2.78. The van der Waals surface area contributed by atoms with Crippen LogP contribution in [-0.2, 0) is 6.54 Å². The molecule has 0 aliphatic heterocycles. The second-order valence-corrected chi connectivity index (χ2v) is 5.50. The molecule has 0 heterocycles. The van der Waals surface area contributed by atoms with Crippen LogP contribution in [0.4, 0.5) is 0 Å². The zero-order valence-electron chi connectivity index (χ0n) is 10.6. The van der Waals surface area contributed by atoms with Crippen molar-refractivity contribution in [2.24, 2.45) is 5.73 Å². The zero-order chi connectivity index (χ0) is 14.5. The maximum Gasteiger partial charge on any atom is 0.251 e. The lowest BCUT2D eigenvalue weighted by Gasteiger charge is -2.06. The molecule has 4 nitrogen and oxygen atoms in total. The highest BCUT2D eigenvalue weighted by Crippen LogP contribution is 2.08. The van der Waals surface area contributed by atoms with Gasteiger partial charge in [-0.2, -0.15) is 0 Å². The number of benzene rings is 2. The predicted molar refractivity (Wildman–Crippen MR) is 85.3 cm³/mol. The van der Waals surface area contributed by atoms with Crippen molar-refractivity contribution in [3.8, 4) is 0 Å². The van der Waals surface area contributed by atoms with Gasteiger partial charge in [-0.25, -0.2) is 0 Å². The molecule has 2 rings (SSSR count). The molecule has 0 atom stereocenters. The summed E-state index contributed by atoms with van der Waals surface area (Å²) in [7, 11) is 0. The van der Waals surface area contributed by atoms with Gasteiger partial charge in [-0.3, -0.25) is 9.59 Å². The van der Waals surface area contributed by atoms with E-state index >= 15 is 0 Å². The second kappa shape index (κ2) is 6.51. The fraction of sp³-hybridized carbons (Fsp3) is 0.0667. The molecule has 2 aromatic rings. The Labute approximate surface area is 130 Å². The molecule has 2 aromatic carbocycles. The quantitative estimate of drug-likeness (QED) is 0.800. The van der Waals surface area contributed by atoms with Crippen LogP contribution in [0.15, 0.2) is 48.5 Å². The maximum atomic E-state index is 12.0. The Morgan fingerprint density at radius 2 is 1.75 bits per heavy atom. The van der Waals surface area contributed by atoms with Crippen molar-refractivity contribution in [1.82, 2.24) is 5.32 Å². The summed E-state index contributed by atoms with van der Waals surface area (Å²) in [5.41, 5.74) is 7.16. The molecule has 20 heavy (non-hydrogen) atoms. The first kappa shape index (κ1) is 14.5. The first-order chi connectivity index (χ1) is 9.56. The highest BCUT2D eigenvalue weighted by molar-refractivity contribution is 14.1. The minimum Gasteiger partial charge on any atom is -0.366 e. The van der Waals surface area contributed by atoms with Gasteiger partial charge in [0.25, 0.3) is 5.91 Å². The number of rotatable bonds is 4. The van der Waals surface area contributed by atoms with Crippen LogP contribution in [-0.4, -0.2) is 11.8 Å². The van der Waals surface area contributed by atoms with Crippen molar-refractivity contribution in [2.75, 3.05) is 0 Å². The molecule has 0 bridgehead atoms. The molecule has 0 radical (unpaired) electrons. The Hall–Kier alpha value is -1.89. The second-order valence-electron chi connectivity index (χ2n) is 4.25. The molecule has 0 saturated heterocycles. The highest BCUT2D eigenvalue weighted by atomic mass is 127. The standard InChI is InChI=1S/C15H13IN2O2/c16-13-3-1-2-12(8-13)15(20)18-9-10-4-6-11(7-5-10)14(17)19/h1-8H,9H2,(H2,17,19)(H,18,20). The Morgan fingerprint density at radius 1 is 1.05 bits per heavy atom. The summed E-state index contributed by atoms with van der Waals surface area (Å²) < 4.78 is 1.01. The largest absolute Gasteiger partial charge is 0.366 e. The number of amides is 2. The topological polar surface area (TPSA) is 72.2 Å². The van der Waals surface area contributed by atoms with Gasteiger partial charge in [-0.05, 0) is 58.5 Å². The van der Waals surface area contributed by atoms with Crippen molar-refractivity contribution in [3.05, 3.63) is 68.8 Å². The third-order valence-corrected chi connectivity index (χ3v) is 3.45. The molecule has 0 aliphatic carbocycles. The lowest BCUT2D eigenvalue weighted by atomic mass is 10.1. The van der Waals surface area contributed by atoms with E-state index in [4.69, 9.17) is 5.73 Å². The number of carbonyl (C=O) groups excluding carboxylic acids is 2. The minimum atomic E-state index is -0.459. The van der Waals surface area contributed by atoms with E-state index in [2.05, 4.69) is 27.9 Å². The number of hydrogen-bond acceptors (Lipinski definition) is 2. The van der Waals surface area contributed by atoms with Gasteiger partial charge < -0.3 is 11.1 Å². The number of carbonyl (C=O) groups is 2. The first-order valence-corrected chi connectivity index (χ1v) is 7.06. The molecule has 102 valence electrons. The Balaban J connectivity index is 1.98. The number of hydrogen-bond donors (Lipinski definition) is 2. The third kappa shape index (κ3) is 3.80. The van der Waals surface area contributed by atoms with Crippen molar-refractivity contribution in [2.45, 2.75) is 6.54 Å². The zero-order valence-corrected chi connectivity index (χ0v) is 12.8. The van der Waals surface area contributed by atoms with Gasteiger partial charge in [0, 0.05) is 21.2 Å². The normalized spacial score (nSPS) is 10.1. The van der Waals surface area contributed by atoms with Crippen LogP contribution in [0, 0.1) is 3.57 Å². The molecule has 0 aliphatic rings. The molecule has 0 aromatic heterocycles. The summed E-state index contributed by atoms with van der Waals surface area (Å²) in [6.45, 7) is 0.406. The first-order valence-electron chi connectivity index (χ1n) is 5.99. The van der Waals surface area contributed by atoms with E-state index < -0.39 is 5.91 Å². The molecule has 0 saturated carbocycles. The van der Waals surface area contributed by atoms with Crippen LogP contribution in [0.3, 0.4) is 0 Å². The fourth-order valence-electron chi connectivity index (χ4n) is 1.70. The van der Waals surface area contributed by atoms with Crippen molar-refractivity contribution in [3.63, 3.8) is 0 Å². The van der Waals surface area contributed by atoms with Crippen molar-refractivity contribution >= 4 is 34.4 Å². The van der Waals surface area contributed by atoms with E-state index in [1.54, 1.807) is 30.3 Å². The summed E-state index contributed by atoms with van der Waals surface area (Å²) in [6, 6.07) is 14.2. The van der Waals surface area contributed by atoms with E-state index in [9.17, 15) is 9.59 Å². The van der Waals surface area contributed by atoms with E-state index in [1.807, 2.05) is 18.2 Å². The van der Waals surface area contributed by atoms with Crippen LogP contribution in [0.5, 0.6) is 0 Å². The van der Waals surface area contributed by atoms with Gasteiger partial charge in [-0.1, -0.05) is 18.2 Å². The lowest BCUT2D eigenvalue weighted by molar-refractivity contribution is 0.0949. The van der Waals surface area contributed by atoms with Gasteiger partial charge >= 0.3 is 0 Å². The number of nitrogens with one attached hydrogen (secondary N) is 1. The van der Waals surface area contributed by atoms with Gasteiger partial charge in [0.2, 0.25) is 5.91 Å². The van der Waals surface area contributed by atoms with Gasteiger partial charge in [0.05, 0.1) is 0 Å². The molecular weight excluding hydrogens is 367 g/mol. The number of primary amides is 1. The lowest BCUT2D eigenvalue weighted by Crippen LogP contribution is -2.22. The van der Waals surface area contributed by atoms with Crippen LogP contribution >= 0.6 is 22.6 Å². The summed E-state index contributed by atoms with van der Waals surface area (Å²) in [6.07, 6.45) is 0. The average Bonchev–Trinajstić information content (AvgIpc) is 2.45. The monoisotopic (exact) mass is 380 g/mol. The van der Waals surface area contributed by atoms with Gasteiger partial charge in [0.1, 0.15) is 0 Å². The molecule has 0 spiro atoms. The number of nitrogens with two attached hydrogens (primary N) is 1. The highest BCUT2D eigenvalue weighted by Gasteiger charge is 2.06. The van der Waals surface area contributed by atoms with E-state index in [1.165, 1.54) is 0 Å². The van der Waals surface area contributed by atoms with E-state index in [0.29, 0.717) is 17.7 Å². The molecular formula is C15H13IN2O2. The van der Waals surface area contributed by atoms with Crippen LogP contribution < -0.4 is 11.1 Å². The molecule has 3 N–H and O–H groups in total. The average molecular weight is 380 g/mol. The fourth-order valence-corrected chi connectivity index (χ4v) is 2.24. The summed E-state index contributed by atoms with van der Waals surface area (Å²) in [5, 5.41) is 2.83. The van der Waals surface area contributed by atoms with Crippen molar-refractivity contribution in [1.29, 1.82) is 0 Å². The Bertz CT molecular complexity index is 639. The molecule has 5 heteroatoms. The van der Waals surface area contributed by atoms with E-state index in [0.717, 1.165) is 9.13 Å². The summed E-state index contributed by atoms with van der Waals surface area (Å²) >= 11 is 2.16. The van der Waals surface area contributed by atoms with Crippen LogP contribution in [0.1, 0.15) is 26.3 Å². The van der Waals surface area contributed by atoms with Gasteiger partial charge in [0.15, 0.2) is 0 Å². The maximum absolute atomic E-state index is 12.0. The Kier molecular flexibility index (Phi) is 4.73. The predicted octanol–water partition coefficient (Wildman–Crippen LogP) is 2.32. The van der Waals surface area contributed by atoms with Crippen LogP contribution in [0.25, 0.3) is 0 Å². The summed E-state index contributed by atoms with van der Waals surface area (Å²) in [5.74, 6) is -0.582.